The average molecular weight is 474 g/mol. The number of hydrogen-bond acceptors (Lipinski definition) is 6. The largest absolute Gasteiger partial charge is 0.492 e. The van der Waals surface area contributed by atoms with E-state index < -0.39 is 22.6 Å². The lowest BCUT2D eigenvalue weighted by Crippen LogP contribution is -2.15. The molecule has 1 unspecified atom stereocenters. The van der Waals surface area contributed by atoms with Crippen molar-refractivity contribution < 1.29 is 27.6 Å². The molecule has 3 rings (SSSR count). The second-order valence-electron chi connectivity index (χ2n) is 7.21. The van der Waals surface area contributed by atoms with Crippen molar-refractivity contribution in [3.05, 3.63) is 87.7 Å². The highest BCUT2D eigenvalue weighted by molar-refractivity contribution is 6.06. The van der Waals surface area contributed by atoms with Crippen molar-refractivity contribution in [2.45, 2.75) is 26.1 Å². The number of aromatic nitrogens is 1. The van der Waals surface area contributed by atoms with E-state index in [2.05, 4.69) is 15.6 Å². The number of carbonyl (C=O) groups excluding carboxylic acids is 1. The Labute approximate surface area is 192 Å². The van der Waals surface area contributed by atoms with Crippen molar-refractivity contribution in [1.82, 2.24) is 4.98 Å². The van der Waals surface area contributed by atoms with Gasteiger partial charge in [-0.2, -0.15) is 13.2 Å². The van der Waals surface area contributed by atoms with Crippen LogP contribution >= 0.6 is 0 Å². The lowest BCUT2D eigenvalue weighted by Gasteiger charge is -2.16. The monoisotopic (exact) mass is 474 g/mol. The standard InChI is InChI=1S/C23H21F3N4O4/c1-3-34-21-10-8-16(23(24,25)26)13-19(21)29-22(31)15-7-9-18(20(12-15)30(32)33)28-14(2)17-6-4-5-11-27-17/h4-14,28H,3H2,1-2H3,(H,29,31). The van der Waals surface area contributed by atoms with Gasteiger partial charge in [0.25, 0.3) is 11.6 Å². The molecule has 2 N–H and O–H groups in total. The van der Waals surface area contributed by atoms with E-state index in [9.17, 15) is 28.1 Å². The Morgan fingerprint density at radius 2 is 1.91 bits per heavy atom. The molecule has 11 heteroatoms. The van der Waals surface area contributed by atoms with E-state index in [4.69, 9.17) is 4.74 Å². The zero-order valence-corrected chi connectivity index (χ0v) is 18.2. The molecule has 0 bridgehead atoms. The lowest BCUT2D eigenvalue weighted by molar-refractivity contribution is -0.384. The van der Waals surface area contributed by atoms with Crippen LogP contribution in [0.5, 0.6) is 5.75 Å². The van der Waals surface area contributed by atoms with Gasteiger partial charge in [-0.3, -0.25) is 19.9 Å². The van der Waals surface area contributed by atoms with Crippen molar-refractivity contribution in [3.63, 3.8) is 0 Å². The molecular formula is C23H21F3N4O4. The van der Waals surface area contributed by atoms with Crippen molar-refractivity contribution in [2.75, 3.05) is 17.2 Å². The van der Waals surface area contributed by atoms with Crippen LogP contribution in [-0.2, 0) is 6.18 Å². The SMILES string of the molecule is CCOc1ccc(C(F)(F)F)cc1NC(=O)c1ccc(NC(C)c2ccccn2)c([N+](=O)[O-])c1. The number of nitrogens with zero attached hydrogens (tertiary/aromatic N) is 2. The predicted octanol–water partition coefficient (Wildman–Crippen LogP) is 5.83. The Morgan fingerprint density at radius 3 is 2.53 bits per heavy atom. The van der Waals surface area contributed by atoms with Crippen LogP contribution in [-0.4, -0.2) is 22.4 Å². The van der Waals surface area contributed by atoms with E-state index in [0.29, 0.717) is 5.69 Å². The summed E-state index contributed by atoms with van der Waals surface area (Å²) in [6.45, 7) is 3.58. The molecule has 0 spiro atoms. The summed E-state index contributed by atoms with van der Waals surface area (Å²) in [4.78, 5) is 27.9. The molecule has 0 aliphatic rings. The second kappa shape index (κ2) is 10.2. The highest BCUT2D eigenvalue weighted by Gasteiger charge is 2.31. The maximum Gasteiger partial charge on any atom is 0.416 e. The number of rotatable bonds is 8. The molecule has 8 nitrogen and oxygen atoms in total. The number of nitro benzene ring substituents is 1. The number of carbonyl (C=O) groups is 1. The van der Waals surface area contributed by atoms with Gasteiger partial charge in [0, 0.05) is 17.8 Å². The minimum atomic E-state index is -4.62. The normalized spacial score (nSPS) is 12.0. The van der Waals surface area contributed by atoms with Gasteiger partial charge in [-0.15, -0.1) is 0 Å². The van der Waals surface area contributed by atoms with Crippen molar-refractivity contribution in [2.24, 2.45) is 0 Å². The molecule has 0 fully saturated rings. The summed E-state index contributed by atoms with van der Waals surface area (Å²) in [6, 6.07) is 11.4. The van der Waals surface area contributed by atoms with Gasteiger partial charge in [0.15, 0.2) is 0 Å². The number of ether oxygens (including phenoxy) is 1. The van der Waals surface area contributed by atoms with E-state index in [0.717, 1.165) is 24.3 Å². The van der Waals surface area contributed by atoms with Crippen molar-refractivity contribution in [1.29, 1.82) is 0 Å². The first-order valence-corrected chi connectivity index (χ1v) is 10.2. The van der Waals surface area contributed by atoms with Crippen LogP contribution in [0.4, 0.5) is 30.2 Å². The van der Waals surface area contributed by atoms with Crippen molar-refractivity contribution in [3.8, 4) is 5.75 Å². The van der Waals surface area contributed by atoms with Crippen LogP contribution in [0.2, 0.25) is 0 Å². The zero-order valence-electron chi connectivity index (χ0n) is 18.2. The lowest BCUT2D eigenvalue weighted by atomic mass is 10.1. The number of benzene rings is 2. The third kappa shape index (κ3) is 5.80. The van der Waals surface area contributed by atoms with Crippen molar-refractivity contribution >= 4 is 23.0 Å². The van der Waals surface area contributed by atoms with Crippen LogP contribution < -0.4 is 15.4 Å². The molecule has 0 radical (unpaired) electrons. The van der Waals surface area contributed by atoms with Gasteiger partial charge in [-0.25, -0.2) is 0 Å². The topological polar surface area (TPSA) is 106 Å². The number of halogens is 3. The summed E-state index contributed by atoms with van der Waals surface area (Å²) in [7, 11) is 0. The molecule has 1 atom stereocenters. The molecule has 1 amide bonds. The van der Waals surface area contributed by atoms with E-state index in [1.165, 1.54) is 12.1 Å². The highest BCUT2D eigenvalue weighted by atomic mass is 19.4. The molecule has 0 aliphatic carbocycles. The van der Waals surface area contributed by atoms with Gasteiger partial charge in [-0.1, -0.05) is 6.07 Å². The van der Waals surface area contributed by atoms with Crippen LogP contribution in [0.1, 0.15) is 41.5 Å². The average Bonchev–Trinajstić information content (AvgIpc) is 2.80. The number of pyridine rings is 1. The van der Waals surface area contributed by atoms with Gasteiger partial charge >= 0.3 is 6.18 Å². The fourth-order valence-electron chi connectivity index (χ4n) is 3.17. The van der Waals surface area contributed by atoms with Crippen LogP contribution in [0.3, 0.4) is 0 Å². The molecule has 0 saturated carbocycles. The molecule has 3 aromatic rings. The smallest absolute Gasteiger partial charge is 0.416 e. The quantitative estimate of drug-likeness (QED) is 0.314. The van der Waals surface area contributed by atoms with Crippen LogP contribution in [0, 0.1) is 10.1 Å². The minimum Gasteiger partial charge on any atom is -0.492 e. The minimum absolute atomic E-state index is 0.0424. The summed E-state index contributed by atoms with van der Waals surface area (Å²) >= 11 is 0. The fraction of sp³-hybridized carbons (Fsp3) is 0.217. The number of nitro groups is 1. The third-order valence-electron chi connectivity index (χ3n) is 4.81. The number of amides is 1. The second-order valence-corrected chi connectivity index (χ2v) is 7.21. The molecule has 0 aliphatic heterocycles. The summed E-state index contributed by atoms with van der Waals surface area (Å²) in [5, 5.41) is 17.0. The summed E-state index contributed by atoms with van der Waals surface area (Å²) in [5.41, 5.74) is -0.830. The summed E-state index contributed by atoms with van der Waals surface area (Å²) in [5.74, 6) is -0.784. The van der Waals surface area contributed by atoms with Gasteiger partial charge in [-0.05, 0) is 56.3 Å². The number of nitrogens with one attached hydrogen (secondary N) is 2. The van der Waals surface area contributed by atoms with Gasteiger partial charge in [0.2, 0.25) is 0 Å². The first kappa shape index (κ1) is 24.5. The van der Waals surface area contributed by atoms with E-state index in [1.54, 1.807) is 38.2 Å². The number of hydrogen-bond donors (Lipinski definition) is 2. The molecule has 0 saturated heterocycles. The van der Waals surface area contributed by atoms with E-state index in [1.807, 2.05) is 0 Å². The Bertz CT molecular complexity index is 1190. The molecular weight excluding hydrogens is 453 g/mol. The third-order valence-corrected chi connectivity index (χ3v) is 4.81. The molecule has 1 heterocycles. The summed E-state index contributed by atoms with van der Waals surface area (Å²) in [6.07, 6.45) is -3.03. The van der Waals surface area contributed by atoms with E-state index >= 15 is 0 Å². The maximum absolute atomic E-state index is 13.1. The van der Waals surface area contributed by atoms with E-state index in [-0.39, 0.29) is 41.0 Å². The number of alkyl halides is 3. The Kier molecular flexibility index (Phi) is 7.34. The highest BCUT2D eigenvalue weighted by Crippen LogP contribution is 2.36. The van der Waals surface area contributed by atoms with Gasteiger partial charge in [0.05, 0.1) is 34.5 Å². The first-order chi connectivity index (χ1) is 16.1. The summed E-state index contributed by atoms with van der Waals surface area (Å²) < 4.78 is 44.7. The molecule has 34 heavy (non-hydrogen) atoms. The number of anilines is 2. The first-order valence-electron chi connectivity index (χ1n) is 10.2. The van der Waals surface area contributed by atoms with Gasteiger partial charge in [0.1, 0.15) is 11.4 Å². The predicted molar refractivity (Wildman–Crippen MR) is 120 cm³/mol. The molecule has 1 aromatic heterocycles. The van der Waals surface area contributed by atoms with Crippen LogP contribution in [0.15, 0.2) is 60.8 Å². The maximum atomic E-state index is 13.1. The Balaban J connectivity index is 1.88. The fourth-order valence-corrected chi connectivity index (χ4v) is 3.17. The zero-order chi connectivity index (χ0) is 24.9. The Morgan fingerprint density at radius 1 is 1.15 bits per heavy atom. The molecule has 2 aromatic carbocycles. The van der Waals surface area contributed by atoms with Crippen LogP contribution in [0.25, 0.3) is 0 Å². The van der Waals surface area contributed by atoms with Gasteiger partial charge < -0.3 is 15.4 Å². The Hall–Kier alpha value is -4.15. The molecule has 178 valence electrons.